The smallest absolute Gasteiger partial charge is 0.279 e. The third-order valence-corrected chi connectivity index (χ3v) is 8.93. The first-order valence-electron chi connectivity index (χ1n) is 12.7. The van der Waals surface area contributed by atoms with Crippen LogP contribution in [0.3, 0.4) is 0 Å². The van der Waals surface area contributed by atoms with Crippen molar-refractivity contribution >= 4 is 22.7 Å². The van der Waals surface area contributed by atoms with Crippen LogP contribution in [0, 0.1) is 17.2 Å². The molecule has 7 nitrogen and oxygen atoms in total. The average Bonchev–Trinajstić information content (AvgIpc) is 3.02. The van der Waals surface area contributed by atoms with Gasteiger partial charge in [0.2, 0.25) is 0 Å². The van der Waals surface area contributed by atoms with Gasteiger partial charge in [0.1, 0.15) is 0 Å². The fraction of sp³-hybridized carbons (Fsp3) is 0.615. The van der Waals surface area contributed by atoms with Crippen LogP contribution in [0.2, 0.25) is 0 Å². The van der Waals surface area contributed by atoms with Crippen molar-refractivity contribution in [2.45, 2.75) is 88.4 Å². The summed E-state index contributed by atoms with van der Waals surface area (Å²) in [5, 5.41) is 8.13. The fourth-order valence-electron chi connectivity index (χ4n) is 7.75. The fourth-order valence-corrected chi connectivity index (χ4v) is 7.75. The lowest BCUT2D eigenvalue weighted by atomic mass is 9.69. The van der Waals surface area contributed by atoms with Crippen molar-refractivity contribution in [2.24, 2.45) is 17.6 Å². The molecule has 1 amide bonds. The number of fused-ring (bicyclic) bond motifs is 5. The number of nitrogens with one attached hydrogen (secondary N) is 1. The van der Waals surface area contributed by atoms with Crippen LogP contribution < -0.4 is 11.3 Å². The van der Waals surface area contributed by atoms with Gasteiger partial charge in [-0.25, -0.2) is 4.98 Å². The summed E-state index contributed by atoms with van der Waals surface area (Å²) in [6, 6.07) is 9.11. The van der Waals surface area contributed by atoms with E-state index in [-0.39, 0.29) is 17.3 Å². The number of piperidine rings is 1. The summed E-state index contributed by atoms with van der Waals surface area (Å²) in [4.78, 5) is 32.6. The maximum absolute atomic E-state index is 13.7. The first kappa shape index (κ1) is 21.0. The van der Waals surface area contributed by atoms with Crippen LogP contribution in [0.4, 0.5) is 0 Å². The molecule has 2 unspecified atom stereocenters. The van der Waals surface area contributed by atoms with Gasteiger partial charge in [-0.3, -0.25) is 19.9 Å². The zero-order chi connectivity index (χ0) is 22.7. The predicted molar refractivity (Wildman–Crippen MR) is 127 cm³/mol. The molecule has 0 spiro atoms. The standard InChI is InChI=1S/C26H33N5O2/c27-23(25(28)32)24-26(33)31(20-9-2-1-8-19(20)29-24)22-14-17-7-4-10-21(22)30(17)18-12-15-5-3-6-16(11-15)13-18/h1-2,8-9,15-18,21-22,27H,3-7,10-14H2,(H2,28,32)/t15?,16?,17-,18?,21+,22+/m0/s1. The Morgan fingerprint density at radius 2 is 1.67 bits per heavy atom. The molecule has 3 N–H and O–H groups in total. The summed E-state index contributed by atoms with van der Waals surface area (Å²) in [6.45, 7) is 0. The summed E-state index contributed by atoms with van der Waals surface area (Å²) < 4.78 is 1.86. The Labute approximate surface area is 193 Å². The minimum atomic E-state index is -0.915. The molecule has 174 valence electrons. The van der Waals surface area contributed by atoms with Crippen molar-refractivity contribution in [1.82, 2.24) is 14.5 Å². The first-order valence-corrected chi connectivity index (χ1v) is 12.7. The van der Waals surface area contributed by atoms with Crippen molar-refractivity contribution in [3.63, 3.8) is 0 Å². The number of aromatic nitrogens is 2. The van der Waals surface area contributed by atoms with Gasteiger partial charge in [-0.15, -0.1) is 0 Å². The van der Waals surface area contributed by atoms with E-state index in [2.05, 4.69) is 9.88 Å². The van der Waals surface area contributed by atoms with Gasteiger partial charge in [-0.1, -0.05) is 37.8 Å². The molecule has 7 heteroatoms. The van der Waals surface area contributed by atoms with Gasteiger partial charge in [-0.05, 0) is 62.5 Å². The molecule has 2 aliphatic carbocycles. The maximum Gasteiger partial charge on any atom is 0.279 e. The van der Waals surface area contributed by atoms with Crippen LogP contribution in [-0.2, 0) is 4.79 Å². The lowest BCUT2D eigenvalue weighted by Gasteiger charge is -2.48. The average molecular weight is 448 g/mol. The second-order valence-electron chi connectivity index (χ2n) is 10.8. The zero-order valence-corrected chi connectivity index (χ0v) is 19.1. The minimum Gasteiger partial charge on any atom is -0.364 e. The molecular formula is C26H33N5O2. The van der Waals surface area contributed by atoms with Crippen molar-refractivity contribution in [3.8, 4) is 0 Å². The number of hydrogen-bond acceptors (Lipinski definition) is 5. The van der Waals surface area contributed by atoms with Crippen LogP contribution in [0.25, 0.3) is 11.0 Å². The number of carbonyl (C=O) groups is 1. The molecule has 4 bridgehead atoms. The Hall–Kier alpha value is -2.54. The number of benzene rings is 1. The SMILES string of the molecule is N=C(C(N)=O)c1nc2ccccc2n([C@@H]2C[C@@H]3CCC[C@H]2N3C2CC3CCCC(C3)C2)c1=O. The Bertz CT molecular complexity index is 1160. The van der Waals surface area contributed by atoms with Crippen molar-refractivity contribution < 1.29 is 4.79 Å². The highest BCUT2D eigenvalue weighted by atomic mass is 16.1. The van der Waals surface area contributed by atoms with Gasteiger partial charge in [0, 0.05) is 18.1 Å². The first-order chi connectivity index (χ1) is 16.0. The van der Waals surface area contributed by atoms with Gasteiger partial charge < -0.3 is 10.3 Å². The number of nitrogens with two attached hydrogens (primary N) is 1. The molecule has 33 heavy (non-hydrogen) atoms. The molecule has 0 radical (unpaired) electrons. The molecule has 2 saturated carbocycles. The van der Waals surface area contributed by atoms with Crippen LogP contribution in [0.5, 0.6) is 0 Å². The number of amides is 1. The van der Waals surface area contributed by atoms with Crippen molar-refractivity contribution in [3.05, 3.63) is 40.3 Å². The van der Waals surface area contributed by atoms with Gasteiger partial charge in [-0.2, -0.15) is 0 Å². The number of para-hydroxylation sites is 2. The van der Waals surface area contributed by atoms with Crippen molar-refractivity contribution in [2.75, 3.05) is 0 Å². The summed E-state index contributed by atoms with van der Waals surface area (Å²) >= 11 is 0. The molecular weight excluding hydrogens is 414 g/mol. The number of rotatable bonds is 4. The molecule has 6 rings (SSSR count). The molecule has 5 atom stereocenters. The van der Waals surface area contributed by atoms with Gasteiger partial charge in [0.15, 0.2) is 11.4 Å². The lowest BCUT2D eigenvalue weighted by Crippen LogP contribution is -2.51. The zero-order valence-electron chi connectivity index (χ0n) is 19.1. The normalized spacial score (nSPS) is 33.8. The quantitative estimate of drug-likeness (QED) is 0.701. The van der Waals surface area contributed by atoms with E-state index < -0.39 is 11.6 Å². The van der Waals surface area contributed by atoms with Crippen molar-refractivity contribution in [1.29, 1.82) is 5.41 Å². The lowest BCUT2D eigenvalue weighted by molar-refractivity contribution is -0.112. The summed E-state index contributed by atoms with van der Waals surface area (Å²) in [7, 11) is 0. The third-order valence-electron chi connectivity index (χ3n) is 8.93. The summed E-state index contributed by atoms with van der Waals surface area (Å²) in [5.74, 6) is 0.825. The van der Waals surface area contributed by atoms with E-state index >= 15 is 0 Å². The van der Waals surface area contributed by atoms with E-state index in [1.807, 2.05) is 28.8 Å². The highest BCUT2D eigenvalue weighted by molar-refractivity contribution is 6.43. The molecule has 2 aromatic rings. The molecule has 2 saturated heterocycles. The minimum absolute atomic E-state index is 0.0408. The summed E-state index contributed by atoms with van der Waals surface area (Å²) in [6.07, 6.45) is 12.6. The van der Waals surface area contributed by atoms with Crippen LogP contribution in [-0.4, -0.2) is 44.2 Å². The number of primary amides is 1. The topological polar surface area (TPSA) is 105 Å². The van der Waals surface area contributed by atoms with E-state index in [0.717, 1.165) is 30.2 Å². The molecule has 4 fully saturated rings. The van der Waals surface area contributed by atoms with E-state index in [1.54, 1.807) is 0 Å². The molecule has 2 aliphatic heterocycles. The highest BCUT2D eigenvalue weighted by Crippen LogP contribution is 2.49. The Morgan fingerprint density at radius 1 is 0.939 bits per heavy atom. The van der Waals surface area contributed by atoms with E-state index in [1.165, 1.54) is 51.4 Å². The molecule has 1 aromatic carbocycles. The molecule has 4 aliphatic rings. The summed E-state index contributed by atoms with van der Waals surface area (Å²) in [5.41, 5.74) is 5.83. The van der Waals surface area contributed by atoms with Crippen LogP contribution in [0.15, 0.2) is 29.1 Å². The number of carbonyl (C=O) groups excluding carboxylic acids is 1. The van der Waals surface area contributed by atoms with E-state index in [0.29, 0.717) is 23.6 Å². The Morgan fingerprint density at radius 3 is 2.42 bits per heavy atom. The second-order valence-corrected chi connectivity index (χ2v) is 10.8. The number of hydrogen-bond donors (Lipinski definition) is 2. The molecule has 1 aromatic heterocycles. The van der Waals surface area contributed by atoms with Crippen LogP contribution in [0.1, 0.15) is 75.9 Å². The number of nitrogens with zero attached hydrogens (tertiary/aromatic N) is 3. The van der Waals surface area contributed by atoms with Gasteiger partial charge in [0.05, 0.1) is 17.1 Å². The monoisotopic (exact) mass is 447 g/mol. The van der Waals surface area contributed by atoms with Gasteiger partial charge in [0.25, 0.3) is 11.5 Å². The second kappa shape index (κ2) is 8.05. The molecule has 3 heterocycles. The third kappa shape index (κ3) is 3.43. The Balaban J connectivity index is 1.43. The van der Waals surface area contributed by atoms with Crippen LogP contribution >= 0.6 is 0 Å². The highest BCUT2D eigenvalue weighted by Gasteiger charge is 2.49. The largest absolute Gasteiger partial charge is 0.364 e. The van der Waals surface area contributed by atoms with Gasteiger partial charge >= 0.3 is 0 Å². The Kier molecular flexibility index (Phi) is 5.13. The maximum atomic E-state index is 13.7. The van der Waals surface area contributed by atoms with E-state index in [9.17, 15) is 9.59 Å². The van der Waals surface area contributed by atoms with E-state index in [4.69, 9.17) is 11.1 Å². The predicted octanol–water partition coefficient (Wildman–Crippen LogP) is 3.39.